The van der Waals surface area contributed by atoms with E-state index in [1.54, 1.807) is 23.3 Å². The van der Waals surface area contributed by atoms with Crippen LogP contribution in [0.5, 0.6) is 0 Å². The van der Waals surface area contributed by atoms with Gasteiger partial charge in [0.1, 0.15) is 11.4 Å². The lowest BCUT2D eigenvalue weighted by atomic mass is 9.93. The normalized spacial score (nSPS) is 20.8. The Balaban J connectivity index is 1.51. The lowest BCUT2D eigenvalue weighted by Crippen LogP contribution is -2.40. The molecule has 0 aliphatic carbocycles. The van der Waals surface area contributed by atoms with Gasteiger partial charge in [-0.25, -0.2) is 23.4 Å². The van der Waals surface area contributed by atoms with Crippen LogP contribution in [-0.4, -0.2) is 71.2 Å². The molecule has 2 aromatic heterocycles. The van der Waals surface area contributed by atoms with Crippen LogP contribution in [0.4, 0.5) is 5.95 Å². The van der Waals surface area contributed by atoms with E-state index >= 15 is 0 Å². The van der Waals surface area contributed by atoms with Crippen LogP contribution in [0.25, 0.3) is 0 Å². The summed E-state index contributed by atoms with van der Waals surface area (Å²) >= 11 is 0. The Labute approximate surface area is 183 Å². The van der Waals surface area contributed by atoms with Gasteiger partial charge in [-0.15, -0.1) is 0 Å². The molecule has 4 rings (SSSR count). The van der Waals surface area contributed by atoms with Crippen molar-refractivity contribution in [3.63, 3.8) is 0 Å². The number of rotatable bonds is 5. The molecule has 9 nitrogen and oxygen atoms in total. The number of hydrogen-bond donors (Lipinski definition) is 0. The van der Waals surface area contributed by atoms with E-state index in [0.717, 1.165) is 19.5 Å². The molecule has 1 unspecified atom stereocenters. The molecule has 0 saturated carbocycles. The fourth-order valence-electron chi connectivity index (χ4n) is 4.51. The lowest BCUT2D eigenvalue weighted by molar-refractivity contribution is -0.132. The molecule has 31 heavy (non-hydrogen) atoms. The van der Waals surface area contributed by atoms with Crippen LogP contribution in [0, 0.1) is 5.92 Å². The molecule has 1 atom stereocenters. The monoisotopic (exact) mass is 446 g/mol. The molecule has 0 N–H and O–H groups in total. The van der Waals surface area contributed by atoms with Crippen molar-refractivity contribution in [3.8, 4) is 0 Å². The topological polar surface area (TPSA) is 101 Å². The minimum absolute atomic E-state index is 0.00835. The van der Waals surface area contributed by atoms with Gasteiger partial charge in [-0.2, -0.15) is 0 Å². The van der Waals surface area contributed by atoms with Crippen LogP contribution < -0.4 is 4.90 Å². The first-order chi connectivity index (χ1) is 14.8. The van der Waals surface area contributed by atoms with Crippen molar-refractivity contribution in [1.82, 2.24) is 24.4 Å². The minimum Gasteiger partial charge on any atom is -0.341 e. The van der Waals surface area contributed by atoms with E-state index in [1.807, 2.05) is 4.90 Å². The molecule has 0 radical (unpaired) electrons. The van der Waals surface area contributed by atoms with Gasteiger partial charge >= 0.3 is 0 Å². The van der Waals surface area contributed by atoms with Gasteiger partial charge in [-0.05, 0) is 31.6 Å². The third-order valence-electron chi connectivity index (χ3n) is 6.22. The van der Waals surface area contributed by atoms with Crippen molar-refractivity contribution in [2.24, 2.45) is 5.92 Å². The molecule has 2 fully saturated rings. The number of carbonyl (C=O) groups excluding carboxylic acids is 1. The molecule has 4 heterocycles. The van der Waals surface area contributed by atoms with E-state index < -0.39 is 9.84 Å². The summed E-state index contributed by atoms with van der Waals surface area (Å²) in [5.74, 6) is 1.23. The molecule has 2 aliphatic heterocycles. The van der Waals surface area contributed by atoms with Crippen molar-refractivity contribution >= 4 is 21.7 Å². The summed E-state index contributed by atoms with van der Waals surface area (Å²) in [6, 6.07) is 0. The van der Waals surface area contributed by atoms with Gasteiger partial charge in [-0.1, -0.05) is 6.92 Å². The van der Waals surface area contributed by atoms with Crippen LogP contribution in [0.1, 0.15) is 44.2 Å². The van der Waals surface area contributed by atoms with Crippen LogP contribution in [0.3, 0.4) is 0 Å². The molecule has 168 valence electrons. The molecule has 0 aromatic carbocycles. The largest absolute Gasteiger partial charge is 0.341 e. The zero-order chi connectivity index (χ0) is 22.0. The number of carbonyl (C=O) groups is 1. The lowest BCUT2D eigenvalue weighted by Gasteiger charge is -2.34. The predicted molar refractivity (Wildman–Crippen MR) is 117 cm³/mol. The van der Waals surface area contributed by atoms with E-state index in [-0.39, 0.29) is 23.3 Å². The Hall–Kier alpha value is -2.49. The molecule has 1 amide bonds. The van der Waals surface area contributed by atoms with E-state index in [4.69, 9.17) is 4.98 Å². The third kappa shape index (κ3) is 5.06. The number of piperidine rings is 2. The summed E-state index contributed by atoms with van der Waals surface area (Å²) in [7, 11) is -3.44. The highest BCUT2D eigenvalue weighted by Crippen LogP contribution is 2.32. The van der Waals surface area contributed by atoms with Gasteiger partial charge in [0.2, 0.25) is 11.9 Å². The highest BCUT2D eigenvalue weighted by Gasteiger charge is 2.30. The first kappa shape index (κ1) is 21.7. The Morgan fingerprint density at radius 3 is 2.61 bits per heavy atom. The molecule has 2 aliphatic rings. The smallest absolute Gasteiger partial charge is 0.242 e. The number of imidazole rings is 1. The van der Waals surface area contributed by atoms with E-state index in [0.29, 0.717) is 43.5 Å². The van der Waals surface area contributed by atoms with E-state index in [1.165, 1.54) is 18.9 Å². The summed E-state index contributed by atoms with van der Waals surface area (Å²) in [6.07, 6.45) is 11.4. The quantitative estimate of drug-likeness (QED) is 0.689. The summed E-state index contributed by atoms with van der Waals surface area (Å²) < 4.78 is 26.6. The van der Waals surface area contributed by atoms with Crippen molar-refractivity contribution < 1.29 is 13.2 Å². The SMILES string of the molecule is CC1CCCN(c2ncc(S(C)(=O)=O)c(C3CCN(C(=O)Cn4ccnc4)CC3)n2)C1. The standard InChI is InChI=1S/C21H30N6O3S/c1-16-4-3-8-27(13-16)21-23-12-18(31(2,29)30)20(24-21)17-5-9-26(10-6-17)19(28)14-25-11-7-22-15-25/h7,11-12,15-17H,3-6,8-10,13-14H2,1-2H3. The van der Waals surface area contributed by atoms with Crippen molar-refractivity contribution in [1.29, 1.82) is 0 Å². The molecule has 0 spiro atoms. The first-order valence-electron chi connectivity index (χ1n) is 10.9. The highest BCUT2D eigenvalue weighted by atomic mass is 32.2. The van der Waals surface area contributed by atoms with Crippen LogP contribution in [-0.2, 0) is 21.2 Å². The number of nitrogens with zero attached hydrogens (tertiary/aromatic N) is 6. The number of hydrogen-bond acceptors (Lipinski definition) is 7. The number of amides is 1. The number of aromatic nitrogens is 4. The van der Waals surface area contributed by atoms with Crippen LogP contribution in [0.2, 0.25) is 0 Å². The fraction of sp³-hybridized carbons (Fsp3) is 0.619. The van der Waals surface area contributed by atoms with Gasteiger partial charge in [0, 0.05) is 50.7 Å². The highest BCUT2D eigenvalue weighted by molar-refractivity contribution is 7.90. The predicted octanol–water partition coefficient (Wildman–Crippen LogP) is 1.72. The molecule has 2 aromatic rings. The van der Waals surface area contributed by atoms with E-state index in [9.17, 15) is 13.2 Å². The molecular formula is C21H30N6O3S. The Bertz CT molecular complexity index is 1020. The fourth-order valence-corrected chi connectivity index (χ4v) is 5.35. The number of sulfone groups is 1. The first-order valence-corrected chi connectivity index (χ1v) is 12.8. The van der Waals surface area contributed by atoms with Gasteiger partial charge in [0.15, 0.2) is 9.84 Å². The van der Waals surface area contributed by atoms with Gasteiger partial charge in [-0.3, -0.25) is 4.79 Å². The zero-order valence-electron chi connectivity index (χ0n) is 18.1. The molecule has 2 saturated heterocycles. The third-order valence-corrected chi connectivity index (χ3v) is 7.33. The summed E-state index contributed by atoms with van der Waals surface area (Å²) in [5.41, 5.74) is 0.604. The Morgan fingerprint density at radius 1 is 1.19 bits per heavy atom. The average Bonchev–Trinajstić information content (AvgIpc) is 3.26. The van der Waals surface area contributed by atoms with E-state index in [2.05, 4.69) is 21.8 Å². The summed E-state index contributed by atoms with van der Waals surface area (Å²) in [6.45, 7) is 5.43. The maximum atomic E-state index is 12.6. The maximum Gasteiger partial charge on any atom is 0.242 e. The Kier molecular flexibility index (Phi) is 6.27. The second kappa shape index (κ2) is 8.94. The van der Waals surface area contributed by atoms with Gasteiger partial charge in [0.25, 0.3) is 0 Å². The summed E-state index contributed by atoms with van der Waals surface area (Å²) in [5, 5.41) is 0. The van der Waals surface area contributed by atoms with Crippen molar-refractivity contribution in [2.75, 3.05) is 37.3 Å². The second-order valence-electron chi connectivity index (χ2n) is 8.78. The molecule has 10 heteroatoms. The van der Waals surface area contributed by atoms with Crippen molar-refractivity contribution in [2.45, 2.75) is 50.0 Å². The van der Waals surface area contributed by atoms with Crippen LogP contribution in [0.15, 0.2) is 29.8 Å². The van der Waals surface area contributed by atoms with Crippen LogP contribution >= 0.6 is 0 Å². The summed E-state index contributed by atoms with van der Waals surface area (Å²) in [4.78, 5) is 29.9. The van der Waals surface area contributed by atoms with Gasteiger partial charge in [0.05, 0.1) is 18.2 Å². The number of likely N-dealkylation sites (tertiary alicyclic amines) is 1. The molecule has 0 bridgehead atoms. The minimum atomic E-state index is -3.44. The number of anilines is 1. The maximum absolute atomic E-state index is 12.6. The Morgan fingerprint density at radius 2 is 1.97 bits per heavy atom. The second-order valence-corrected chi connectivity index (χ2v) is 10.8. The molecular weight excluding hydrogens is 416 g/mol. The average molecular weight is 447 g/mol. The van der Waals surface area contributed by atoms with Crippen molar-refractivity contribution in [3.05, 3.63) is 30.6 Å². The van der Waals surface area contributed by atoms with Gasteiger partial charge < -0.3 is 14.4 Å². The zero-order valence-corrected chi connectivity index (χ0v) is 19.0.